The average Bonchev–Trinajstić information content (AvgIpc) is 2.37. The van der Waals surface area contributed by atoms with E-state index in [1.165, 1.54) is 0 Å². The molecule has 3 N–H and O–H groups in total. The standard InChI is InChI=1S/C15H14BrN3OS/c1-8-3-5-11(9(2)18-8)15(20)19-13-7-10(16)4-6-12(13)14(17)21/h3-7H,1-2H3,(H2,17,21)(H,19,20). The highest BCUT2D eigenvalue weighted by Crippen LogP contribution is 2.22. The molecule has 21 heavy (non-hydrogen) atoms. The Bertz CT molecular complexity index is 731. The van der Waals surface area contributed by atoms with E-state index in [1.54, 1.807) is 31.2 Å². The Labute approximate surface area is 136 Å². The number of nitrogens with two attached hydrogens (primary N) is 1. The van der Waals surface area contributed by atoms with Crippen molar-refractivity contribution in [1.29, 1.82) is 0 Å². The van der Waals surface area contributed by atoms with Crippen molar-refractivity contribution in [2.45, 2.75) is 13.8 Å². The molecule has 0 saturated carbocycles. The molecule has 4 nitrogen and oxygen atoms in total. The zero-order valence-corrected chi connectivity index (χ0v) is 14.0. The number of carbonyl (C=O) groups excluding carboxylic acids is 1. The molecule has 0 saturated heterocycles. The van der Waals surface area contributed by atoms with E-state index in [0.717, 1.165) is 10.2 Å². The monoisotopic (exact) mass is 363 g/mol. The van der Waals surface area contributed by atoms with Crippen molar-refractivity contribution in [3.8, 4) is 0 Å². The van der Waals surface area contributed by atoms with Gasteiger partial charge >= 0.3 is 0 Å². The normalized spacial score (nSPS) is 10.2. The van der Waals surface area contributed by atoms with Crippen LogP contribution in [0, 0.1) is 13.8 Å². The third-order valence-corrected chi connectivity index (χ3v) is 3.68. The summed E-state index contributed by atoms with van der Waals surface area (Å²) in [7, 11) is 0. The summed E-state index contributed by atoms with van der Waals surface area (Å²) >= 11 is 8.37. The number of rotatable bonds is 3. The topological polar surface area (TPSA) is 68.0 Å². The predicted octanol–water partition coefficient (Wildman–Crippen LogP) is 3.35. The lowest BCUT2D eigenvalue weighted by molar-refractivity contribution is 0.102. The van der Waals surface area contributed by atoms with E-state index >= 15 is 0 Å². The highest BCUT2D eigenvalue weighted by Gasteiger charge is 2.13. The van der Waals surface area contributed by atoms with Crippen LogP contribution in [-0.4, -0.2) is 15.9 Å². The summed E-state index contributed by atoms with van der Waals surface area (Å²) in [4.78, 5) is 16.9. The second-order valence-corrected chi connectivity index (χ2v) is 5.95. The van der Waals surface area contributed by atoms with Crippen molar-refractivity contribution in [3.05, 3.63) is 57.3 Å². The van der Waals surface area contributed by atoms with Crippen LogP contribution in [0.4, 0.5) is 5.69 Å². The quantitative estimate of drug-likeness (QED) is 0.820. The van der Waals surface area contributed by atoms with Gasteiger partial charge in [0.1, 0.15) is 4.99 Å². The van der Waals surface area contributed by atoms with Crippen LogP contribution < -0.4 is 11.1 Å². The molecule has 2 rings (SSSR count). The first-order chi connectivity index (χ1) is 9.88. The third-order valence-electron chi connectivity index (χ3n) is 2.96. The van der Waals surface area contributed by atoms with Gasteiger partial charge in [0.05, 0.1) is 16.9 Å². The molecule has 0 bridgehead atoms. The van der Waals surface area contributed by atoms with Crippen LogP contribution in [0.3, 0.4) is 0 Å². The number of thiocarbonyl (C=S) groups is 1. The highest BCUT2D eigenvalue weighted by molar-refractivity contribution is 9.10. The zero-order valence-electron chi connectivity index (χ0n) is 11.6. The fourth-order valence-electron chi connectivity index (χ4n) is 1.95. The maximum absolute atomic E-state index is 12.4. The zero-order chi connectivity index (χ0) is 15.6. The number of hydrogen-bond acceptors (Lipinski definition) is 3. The number of aromatic nitrogens is 1. The number of hydrogen-bond donors (Lipinski definition) is 2. The van der Waals surface area contributed by atoms with Gasteiger partial charge in [-0.25, -0.2) is 0 Å². The minimum absolute atomic E-state index is 0.233. The molecule has 0 radical (unpaired) electrons. The van der Waals surface area contributed by atoms with Gasteiger partial charge in [0.2, 0.25) is 0 Å². The first kappa shape index (κ1) is 15.6. The minimum Gasteiger partial charge on any atom is -0.389 e. The maximum Gasteiger partial charge on any atom is 0.257 e. The molecule has 0 spiro atoms. The molecule has 1 amide bonds. The summed E-state index contributed by atoms with van der Waals surface area (Å²) in [5.41, 5.74) is 8.95. The number of benzene rings is 1. The maximum atomic E-state index is 12.4. The number of nitrogens with one attached hydrogen (secondary N) is 1. The largest absolute Gasteiger partial charge is 0.389 e. The van der Waals surface area contributed by atoms with Crippen LogP contribution in [0.2, 0.25) is 0 Å². The summed E-state index contributed by atoms with van der Waals surface area (Å²) < 4.78 is 0.830. The SMILES string of the molecule is Cc1ccc(C(=O)Nc2cc(Br)ccc2C(N)=S)c(C)n1. The predicted molar refractivity (Wildman–Crippen MR) is 91.7 cm³/mol. The number of carbonyl (C=O) groups is 1. The number of pyridine rings is 1. The van der Waals surface area contributed by atoms with E-state index in [9.17, 15) is 4.79 Å². The average molecular weight is 364 g/mol. The van der Waals surface area contributed by atoms with Crippen LogP contribution in [0.1, 0.15) is 27.3 Å². The molecule has 1 aromatic heterocycles. The second-order valence-electron chi connectivity index (χ2n) is 4.59. The van der Waals surface area contributed by atoms with Crippen molar-refractivity contribution in [1.82, 2.24) is 4.98 Å². The van der Waals surface area contributed by atoms with Gasteiger partial charge in [-0.2, -0.15) is 0 Å². The van der Waals surface area contributed by atoms with Gasteiger partial charge in [0, 0.05) is 15.7 Å². The number of halogens is 1. The Morgan fingerprint density at radius 2 is 1.90 bits per heavy atom. The Morgan fingerprint density at radius 1 is 1.24 bits per heavy atom. The van der Waals surface area contributed by atoms with E-state index in [2.05, 4.69) is 26.2 Å². The first-order valence-electron chi connectivity index (χ1n) is 6.23. The van der Waals surface area contributed by atoms with Gasteiger partial charge in [-0.1, -0.05) is 28.1 Å². The molecule has 0 unspecified atom stereocenters. The van der Waals surface area contributed by atoms with Crippen molar-refractivity contribution in [2.24, 2.45) is 5.73 Å². The summed E-state index contributed by atoms with van der Waals surface area (Å²) in [6, 6.07) is 8.91. The molecular formula is C15H14BrN3OS. The lowest BCUT2D eigenvalue weighted by atomic mass is 10.1. The lowest BCUT2D eigenvalue weighted by Crippen LogP contribution is -2.18. The number of amides is 1. The van der Waals surface area contributed by atoms with E-state index in [0.29, 0.717) is 22.5 Å². The first-order valence-corrected chi connectivity index (χ1v) is 7.43. The Balaban J connectivity index is 2.35. The molecule has 0 aliphatic rings. The number of anilines is 1. The van der Waals surface area contributed by atoms with Crippen molar-refractivity contribution < 1.29 is 4.79 Å². The number of nitrogens with zero attached hydrogens (tertiary/aromatic N) is 1. The summed E-state index contributed by atoms with van der Waals surface area (Å²) in [5, 5.41) is 2.83. The molecule has 2 aromatic rings. The van der Waals surface area contributed by atoms with Crippen LogP contribution in [-0.2, 0) is 0 Å². The van der Waals surface area contributed by atoms with Crippen LogP contribution in [0.25, 0.3) is 0 Å². The molecular weight excluding hydrogens is 350 g/mol. The molecule has 108 valence electrons. The molecule has 0 atom stereocenters. The second kappa shape index (κ2) is 6.32. The van der Waals surface area contributed by atoms with Gasteiger partial charge in [0.25, 0.3) is 5.91 Å². The van der Waals surface area contributed by atoms with Crippen molar-refractivity contribution in [3.63, 3.8) is 0 Å². The van der Waals surface area contributed by atoms with Crippen molar-refractivity contribution >= 4 is 44.7 Å². The van der Waals surface area contributed by atoms with E-state index in [-0.39, 0.29) is 10.9 Å². The smallest absolute Gasteiger partial charge is 0.257 e. The Kier molecular flexibility index (Phi) is 4.69. The summed E-state index contributed by atoms with van der Waals surface area (Å²) in [5.74, 6) is -0.240. The fraction of sp³-hybridized carbons (Fsp3) is 0.133. The molecule has 1 aromatic carbocycles. The molecule has 0 fully saturated rings. The molecule has 6 heteroatoms. The Morgan fingerprint density at radius 3 is 2.52 bits per heavy atom. The van der Waals surface area contributed by atoms with Gasteiger partial charge in [-0.15, -0.1) is 0 Å². The molecule has 1 heterocycles. The Hall–Kier alpha value is -1.79. The summed E-state index contributed by atoms with van der Waals surface area (Å²) in [6.07, 6.45) is 0. The van der Waals surface area contributed by atoms with Gasteiger partial charge < -0.3 is 11.1 Å². The molecule has 0 aliphatic heterocycles. The lowest BCUT2D eigenvalue weighted by Gasteiger charge is -2.12. The van der Waals surface area contributed by atoms with Gasteiger partial charge in [0.15, 0.2) is 0 Å². The minimum atomic E-state index is -0.240. The van der Waals surface area contributed by atoms with Crippen molar-refractivity contribution in [2.75, 3.05) is 5.32 Å². The van der Waals surface area contributed by atoms with E-state index in [1.807, 2.05) is 13.0 Å². The van der Waals surface area contributed by atoms with E-state index < -0.39 is 0 Å². The fourth-order valence-corrected chi connectivity index (χ4v) is 2.49. The third kappa shape index (κ3) is 3.65. The van der Waals surface area contributed by atoms with Crippen LogP contribution in [0.5, 0.6) is 0 Å². The van der Waals surface area contributed by atoms with E-state index in [4.69, 9.17) is 18.0 Å². The van der Waals surface area contributed by atoms with Crippen LogP contribution in [0.15, 0.2) is 34.8 Å². The van der Waals surface area contributed by atoms with Crippen LogP contribution >= 0.6 is 28.1 Å². The summed E-state index contributed by atoms with van der Waals surface area (Å²) in [6.45, 7) is 3.69. The molecule has 0 aliphatic carbocycles. The number of aryl methyl sites for hydroxylation is 2. The highest BCUT2D eigenvalue weighted by atomic mass is 79.9. The van der Waals surface area contributed by atoms with Gasteiger partial charge in [-0.05, 0) is 44.2 Å². The van der Waals surface area contributed by atoms with Gasteiger partial charge in [-0.3, -0.25) is 9.78 Å².